The molecule has 0 aromatic heterocycles. The highest BCUT2D eigenvalue weighted by Gasteiger charge is 2.11. The van der Waals surface area contributed by atoms with Crippen LogP contribution in [-0.4, -0.2) is 30.3 Å². The Labute approximate surface area is 106 Å². The van der Waals surface area contributed by atoms with Crippen molar-refractivity contribution >= 4 is 11.7 Å². The summed E-state index contributed by atoms with van der Waals surface area (Å²) in [7, 11) is 0. The van der Waals surface area contributed by atoms with Crippen LogP contribution in [-0.2, 0) is 9.53 Å². The Bertz CT molecular complexity index is 409. The first kappa shape index (κ1) is 14.4. The van der Waals surface area contributed by atoms with Gasteiger partial charge in [0.2, 0.25) is 0 Å². The molecule has 0 amide bonds. The molecule has 2 N–H and O–H groups in total. The number of aliphatic hydroxyl groups excluding tert-OH is 1. The summed E-state index contributed by atoms with van der Waals surface area (Å²) in [5, 5.41) is 12.4. The summed E-state index contributed by atoms with van der Waals surface area (Å²) < 4.78 is 18.0. The van der Waals surface area contributed by atoms with Crippen molar-refractivity contribution in [3.8, 4) is 0 Å². The van der Waals surface area contributed by atoms with Crippen LogP contribution in [0.15, 0.2) is 18.2 Å². The Balaban J connectivity index is 2.40. The number of anilines is 1. The fraction of sp³-hybridized carbons (Fsp3) is 0.462. The van der Waals surface area contributed by atoms with E-state index in [0.717, 1.165) is 0 Å². The van der Waals surface area contributed by atoms with Crippen molar-refractivity contribution in [1.29, 1.82) is 0 Å². The Morgan fingerprint density at radius 3 is 2.89 bits per heavy atom. The molecule has 1 aromatic rings. The number of hydrogen-bond acceptors (Lipinski definition) is 4. The first-order valence-corrected chi connectivity index (χ1v) is 5.86. The lowest BCUT2D eigenvalue weighted by Gasteiger charge is -2.12. The summed E-state index contributed by atoms with van der Waals surface area (Å²) >= 11 is 0. The molecule has 100 valence electrons. The van der Waals surface area contributed by atoms with Gasteiger partial charge in [0, 0.05) is 12.2 Å². The molecule has 0 aliphatic rings. The van der Waals surface area contributed by atoms with Crippen LogP contribution in [0, 0.1) is 12.7 Å². The number of hydrogen-bond donors (Lipinski definition) is 2. The number of carbonyl (C=O) groups is 1. The van der Waals surface area contributed by atoms with Gasteiger partial charge in [0.05, 0.1) is 19.1 Å². The number of nitrogens with one attached hydrogen (secondary N) is 1. The summed E-state index contributed by atoms with van der Waals surface area (Å²) in [6.45, 7) is 3.84. The SMILES string of the molecule is CCOC(=O)CC(O)CNc1ccc(C)c(F)c1. The number of ether oxygens (including phenoxy) is 1. The van der Waals surface area contributed by atoms with Gasteiger partial charge in [-0.25, -0.2) is 4.39 Å². The number of carbonyl (C=O) groups excluding carboxylic acids is 1. The number of halogens is 1. The van der Waals surface area contributed by atoms with Gasteiger partial charge in [0.1, 0.15) is 5.82 Å². The summed E-state index contributed by atoms with van der Waals surface area (Å²) in [6.07, 6.45) is -0.928. The smallest absolute Gasteiger partial charge is 0.308 e. The van der Waals surface area contributed by atoms with E-state index in [0.29, 0.717) is 17.9 Å². The van der Waals surface area contributed by atoms with Crippen molar-refractivity contribution in [2.75, 3.05) is 18.5 Å². The maximum absolute atomic E-state index is 13.2. The van der Waals surface area contributed by atoms with Crippen LogP contribution in [0.4, 0.5) is 10.1 Å². The molecule has 0 aliphatic heterocycles. The zero-order chi connectivity index (χ0) is 13.5. The van der Waals surface area contributed by atoms with Crippen molar-refractivity contribution in [2.24, 2.45) is 0 Å². The van der Waals surface area contributed by atoms with Crippen LogP contribution in [0.5, 0.6) is 0 Å². The predicted molar refractivity (Wildman–Crippen MR) is 66.9 cm³/mol. The van der Waals surface area contributed by atoms with E-state index in [1.165, 1.54) is 6.07 Å². The van der Waals surface area contributed by atoms with Gasteiger partial charge in [-0.15, -0.1) is 0 Å². The minimum Gasteiger partial charge on any atom is -0.466 e. The topological polar surface area (TPSA) is 58.6 Å². The molecule has 0 saturated heterocycles. The van der Waals surface area contributed by atoms with E-state index in [2.05, 4.69) is 5.32 Å². The van der Waals surface area contributed by atoms with E-state index in [9.17, 15) is 14.3 Å². The summed E-state index contributed by atoms with van der Waals surface area (Å²) in [5.41, 5.74) is 1.13. The number of rotatable bonds is 6. The van der Waals surface area contributed by atoms with Crippen LogP contribution in [0.25, 0.3) is 0 Å². The van der Waals surface area contributed by atoms with E-state index in [4.69, 9.17) is 4.74 Å². The highest BCUT2D eigenvalue weighted by atomic mass is 19.1. The van der Waals surface area contributed by atoms with Gasteiger partial charge in [-0.3, -0.25) is 4.79 Å². The Morgan fingerprint density at radius 2 is 2.28 bits per heavy atom. The number of aliphatic hydroxyl groups is 1. The zero-order valence-electron chi connectivity index (χ0n) is 10.6. The molecule has 1 rings (SSSR count). The minimum absolute atomic E-state index is 0.0742. The van der Waals surface area contributed by atoms with Gasteiger partial charge >= 0.3 is 5.97 Å². The lowest BCUT2D eigenvalue weighted by molar-refractivity contribution is -0.145. The molecule has 0 radical (unpaired) electrons. The van der Waals surface area contributed by atoms with Crippen LogP contribution in [0.3, 0.4) is 0 Å². The number of aryl methyl sites for hydroxylation is 1. The monoisotopic (exact) mass is 255 g/mol. The highest BCUT2D eigenvalue weighted by Crippen LogP contribution is 2.13. The third-order valence-corrected chi connectivity index (χ3v) is 2.42. The molecule has 0 heterocycles. The van der Waals surface area contributed by atoms with Crippen LogP contribution in [0.2, 0.25) is 0 Å². The third-order valence-electron chi connectivity index (χ3n) is 2.42. The second-order valence-corrected chi connectivity index (χ2v) is 4.01. The molecular formula is C13H18FNO3. The number of esters is 1. The fourth-order valence-electron chi connectivity index (χ4n) is 1.42. The predicted octanol–water partition coefficient (Wildman–Crippen LogP) is 1.86. The van der Waals surface area contributed by atoms with E-state index < -0.39 is 12.1 Å². The lowest BCUT2D eigenvalue weighted by atomic mass is 10.2. The van der Waals surface area contributed by atoms with E-state index in [1.54, 1.807) is 26.0 Å². The maximum atomic E-state index is 13.2. The van der Waals surface area contributed by atoms with Crippen molar-refractivity contribution in [1.82, 2.24) is 0 Å². The van der Waals surface area contributed by atoms with E-state index in [1.807, 2.05) is 0 Å². The Hall–Kier alpha value is -1.62. The number of benzene rings is 1. The van der Waals surface area contributed by atoms with Crippen LogP contribution in [0.1, 0.15) is 18.9 Å². The highest BCUT2D eigenvalue weighted by molar-refractivity contribution is 5.70. The summed E-state index contributed by atoms with van der Waals surface area (Å²) in [4.78, 5) is 11.1. The molecule has 1 atom stereocenters. The van der Waals surface area contributed by atoms with Gasteiger partial charge in [-0.2, -0.15) is 0 Å². The molecule has 0 fully saturated rings. The van der Waals surface area contributed by atoms with Crippen LogP contribution < -0.4 is 5.32 Å². The van der Waals surface area contributed by atoms with Crippen molar-refractivity contribution in [3.05, 3.63) is 29.6 Å². The summed E-state index contributed by atoms with van der Waals surface area (Å²) in [5.74, 6) is -0.748. The zero-order valence-corrected chi connectivity index (χ0v) is 10.6. The largest absolute Gasteiger partial charge is 0.466 e. The molecule has 0 aliphatic carbocycles. The molecule has 0 bridgehead atoms. The standard InChI is InChI=1S/C13H18FNO3/c1-3-18-13(17)7-11(16)8-15-10-5-4-9(2)12(14)6-10/h4-6,11,15-16H,3,7-8H2,1-2H3. The molecule has 0 saturated carbocycles. The van der Waals surface area contributed by atoms with Gasteiger partial charge in [-0.1, -0.05) is 6.07 Å². The first-order valence-electron chi connectivity index (χ1n) is 5.86. The van der Waals surface area contributed by atoms with Gasteiger partial charge in [0.15, 0.2) is 0 Å². The second kappa shape index (κ2) is 6.96. The molecule has 18 heavy (non-hydrogen) atoms. The van der Waals surface area contributed by atoms with Gasteiger partial charge in [-0.05, 0) is 31.5 Å². The second-order valence-electron chi connectivity index (χ2n) is 4.01. The molecule has 1 unspecified atom stereocenters. The van der Waals surface area contributed by atoms with Gasteiger partial charge < -0.3 is 15.2 Å². The molecule has 1 aromatic carbocycles. The maximum Gasteiger partial charge on any atom is 0.308 e. The van der Waals surface area contributed by atoms with Crippen molar-refractivity contribution in [2.45, 2.75) is 26.4 Å². The van der Waals surface area contributed by atoms with Crippen molar-refractivity contribution < 1.29 is 19.0 Å². The van der Waals surface area contributed by atoms with Crippen molar-refractivity contribution in [3.63, 3.8) is 0 Å². The quantitative estimate of drug-likeness (QED) is 0.762. The van der Waals surface area contributed by atoms with Gasteiger partial charge in [0.25, 0.3) is 0 Å². The third kappa shape index (κ3) is 4.71. The summed E-state index contributed by atoms with van der Waals surface area (Å²) in [6, 6.07) is 4.72. The average Bonchev–Trinajstić information content (AvgIpc) is 2.31. The van der Waals surface area contributed by atoms with E-state index >= 15 is 0 Å². The first-order chi connectivity index (χ1) is 8.52. The fourth-order valence-corrected chi connectivity index (χ4v) is 1.42. The molecule has 5 heteroatoms. The van der Waals surface area contributed by atoms with Crippen LogP contribution >= 0.6 is 0 Å². The Morgan fingerprint density at radius 1 is 1.56 bits per heavy atom. The van der Waals surface area contributed by atoms with E-state index in [-0.39, 0.29) is 18.8 Å². The lowest BCUT2D eigenvalue weighted by Crippen LogP contribution is -2.23. The normalized spacial score (nSPS) is 12.0. The molecule has 0 spiro atoms. The molecule has 4 nitrogen and oxygen atoms in total. The Kier molecular flexibility index (Phi) is 5.58. The average molecular weight is 255 g/mol. The molecular weight excluding hydrogens is 237 g/mol. The minimum atomic E-state index is -0.853.